The van der Waals surface area contributed by atoms with Gasteiger partial charge >= 0.3 is 0 Å². The van der Waals surface area contributed by atoms with Gasteiger partial charge in [0.05, 0.1) is 4.90 Å². The molecule has 0 saturated heterocycles. The molecule has 0 saturated carbocycles. The standard InChI is InChI=1S/C12H19BrN2O2S/c1-4-14-9-10-6-7-12(11(13)8-10)18(16,17)15(3)5-2/h6-8,14H,4-5,9H2,1-3H3. The Kier molecular flexibility index (Phi) is 5.78. The first-order valence-corrected chi connectivity index (χ1v) is 8.12. The highest BCUT2D eigenvalue weighted by atomic mass is 79.9. The summed E-state index contributed by atoms with van der Waals surface area (Å²) in [6, 6.07) is 5.33. The van der Waals surface area contributed by atoms with Crippen molar-refractivity contribution in [2.24, 2.45) is 0 Å². The first-order chi connectivity index (χ1) is 8.43. The molecule has 1 aromatic carbocycles. The van der Waals surface area contributed by atoms with E-state index in [2.05, 4.69) is 21.2 Å². The summed E-state index contributed by atoms with van der Waals surface area (Å²) >= 11 is 3.34. The van der Waals surface area contributed by atoms with Crippen LogP contribution in [0.15, 0.2) is 27.6 Å². The Bertz CT molecular complexity index is 503. The van der Waals surface area contributed by atoms with Gasteiger partial charge in [0.15, 0.2) is 0 Å². The molecular formula is C12H19BrN2O2S. The second kappa shape index (κ2) is 6.65. The van der Waals surface area contributed by atoms with Crippen LogP contribution in [0.2, 0.25) is 0 Å². The van der Waals surface area contributed by atoms with Crippen molar-refractivity contribution >= 4 is 26.0 Å². The van der Waals surface area contributed by atoms with E-state index >= 15 is 0 Å². The molecule has 6 heteroatoms. The Morgan fingerprint density at radius 3 is 2.50 bits per heavy atom. The minimum atomic E-state index is -3.39. The van der Waals surface area contributed by atoms with Gasteiger partial charge in [-0.05, 0) is 40.2 Å². The zero-order chi connectivity index (χ0) is 13.8. The fourth-order valence-corrected chi connectivity index (χ4v) is 3.73. The normalized spacial score (nSPS) is 12.1. The highest BCUT2D eigenvalue weighted by Crippen LogP contribution is 2.25. The van der Waals surface area contributed by atoms with Gasteiger partial charge in [-0.2, -0.15) is 0 Å². The van der Waals surface area contributed by atoms with Gasteiger partial charge in [-0.3, -0.25) is 0 Å². The summed E-state index contributed by atoms with van der Waals surface area (Å²) in [6.45, 7) is 5.91. The maximum absolute atomic E-state index is 12.2. The van der Waals surface area contributed by atoms with Crippen LogP contribution in [0.5, 0.6) is 0 Å². The van der Waals surface area contributed by atoms with E-state index in [1.54, 1.807) is 13.1 Å². The van der Waals surface area contributed by atoms with Crippen molar-refractivity contribution in [1.82, 2.24) is 9.62 Å². The molecule has 0 aliphatic heterocycles. The van der Waals surface area contributed by atoms with Crippen LogP contribution in [0.25, 0.3) is 0 Å². The number of nitrogens with one attached hydrogen (secondary N) is 1. The molecule has 1 N–H and O–H groups in total. The maximum Gasteiger partial charge on any atom is 0.243 e. The van der Waals surface area contributed by atoms with Crippen molar-refractivity contribution < 1.29 is 8.42 Å². The van der Waals surface area contributed by atoms with Crippen LogP contribution < -0.4 is 5.32 Å². The SMILES string of the molecule is CCNCc1ccc(S(=O)(=O)N(C)CC)c(Br)c1. The number of sulfonamides is 1. The third-order valence-corrected chi connectivity index (χ3v) is 5.62. The molecule has 1 rings (SSSR count). The Hall–Kier alpha value is -0.430. The van der Waals surface area contributed by atoms with Gasteiger partial charge in [0.2, 0.25) is 10.0 Å². The predicted molar refractivity (Wildman–Crippen MR) is 77.0 cm³/mol. The summed E-state index contributed by atoms with van der Waals surface area (Å²) in [5.41, 5.74) is 1.06. The highest BCUT2D eigenvalue weighted by Gasteiger charge is 2.21. The van der Waals surface area contributed by atoms with Crippen LogP contribution in [0.4, 0.5) is 0 Å². The Morgan fingerprint density at radius 2 is 2.00 bits per heavy atom. The van der Waals surface area contributed by atoms with Gasteiger partial charge < -0.3 is 5.32 Å². The van der Waals surface area contributed by atoms with Crippen LogP contribution in [-0.4, -0.2) is 32.9 Å². The van der Waals surface area contributed by atoms with E-state index in [-0.39, 0.29) is 0 Å². The Balaban J connectivity index is 3.06. The van der Waals surface area contributed by atoms with Crippen molar-refractivity contribution in [2.45, 2.75) is 25.3 Å². The Morgan fingerprint density at radius 1 is 1.33 bits per heavy atom. The quantitative estimate of drug-likeness (QED) is 0.867. The molecule has 0 heterocycles. The zero-order valence-corrected chi connectivity index (χ0v) is 13.3. The van der Waals surface area contributed by atoms with Gasteiger partial charge in [-0.1, -0.05) is 19.9 Å². The molecule has 4 nitrogen and oxygen atoms in total. The molecule has 0 aliphatic rings. The molecule has 0 unspecified atom stereocenters. The molecule has 0 bridgehead atoms. The largest absolute Gasteiger partial charge is 0.313 e. The number of rotatable bonds is 6. The van der Waals surface area contributed by atoms with E-state index in [1.807, 2.05) is 26.0 Å². The molecule has 1 aromatic rings. The first kappa shape index (κ1) is 15.6. The second-order valence-electron chi connectivity index (χ2n) is 3.96. The molecule has 0 aliphatic carbocycles. The average Bonchev–Trinajstić information content (AvgIpc) is 2.34. The van der Waals surface area contributed by atoms with E-state index in [1.165, 1.54) is 4.31 Å². The van der Waals surface area contributed by atoms with E-state index in [9.17, 15) is 8.42 Å². The molecule has 18 heavy (non-hydrogen) atoms. The van der Waals surface area contributed by atoms with Crippen LogP contribution in [0.3, 0.4) is 0 Å². The number of hydrogen-bond donors (Lipinski definition) is 1. The average molecular weight is 335 g/mol. The molecule has 102 valence electrons. The molecule has 0 spiro atoms. The lowest BCUT2D eigenvalue weighted by Gasteiger charge is -2.16. The van der Waals surface area contributed by atoms with Crippen molar-refractivity contribution in [3.8, 4) is 0 Å². The summed E-state index contributed by atoms with van der Waals surface area (Å²) in [4.78, 5) is 0.312. The van der Waals surface area contributed by atoms with Crippen molar-refractivity contribution in [2.75, 3.05) is 20.1 Å². The summed E-state index contributed by atoms with van der Waals surface area (Å²) in [6.07, 6.45) is 0. The van der Waals surface area contributed by atoms with Crippen molar-refractivity contribution in [3.05, 3.63) is 28.2 Å². The summed E-state index contributed by atoms with van der Waals surface area (Å²) in [5, 5.41) is 3.20. The van der Waals surface area contributed by atoms with E-state index < -0.39 is 10.0 Å². The lowest BCUT2D eigenvalue weighted by atomic mass is 10.2. The molecule has 0 radical (unpaired) electrons. The number of halogens is 1. The third kappa shape index (κ3) is 3.54. The van der Waals surface area contributed by atoms with Crippen molar-refractivity contribution in [1.29, 1.82) is 0 Å². The second-order valence-corrected chi connectivity index (χ2v) is 6.83. The maximum atomic E-state index is 12.2. The zero-order valence-electron chi connectivity index (χ0n) is 10.9. The smallest absolute Gasteiger partial charge is 0.243 e. The summed E-state index contributed by atoms with van der Waals surface area (Å²) in [7, 11) is -1.81. The monoisotopic (exact) mass is 334 g/mol. The number of nitrogens with zero attached hydrogens (tertiary/aromatic N) is 1. The van der Waals surface area contributed by atoms with Crippen molar-refractivity contribution in [3.63, 3.8) is 0 Å². The third-order valence-electron chi connectivity index (χ3n) is 2.71. The molecular weight excluding hydrogens is 316 g/mol. The van der Waals surface area contributed by atoms with E-state index in [0.717, 1.165) is 18.7 Å². The van der Waals surface area contributed by atoms with E-state index in [0.29, 0.717) is 15.9 Å². The van der Waals surface area contributed by atoms with Gasteiger partial charge in [0, 0.05) is 24.6 Å². The van der Waals surface area contributed by atoms with Gasteiger partial charge in [-0.15, -0.1) is 0 Å². The van der Waals surface area contributed by atoms with Gasteiger partial charge in [-0.25, -0.2) is 12.7 Å². The van der Waals surface area contributed by atoms with Crippen LogP contribution in [-0.2, 0) is 16.6 Å². The fraction of sp³-hybridized carbons (Fsp3) is 0.500. The first-order valence-electron chi connectivity index (χ1n) is 5.89. The van der Waals surface area contributed by atoms with Crippen LogP contribution >= 0.6 is 15.9 Å². The topological polar surface area (TPSA) is 49.4 Å². The molecule has 0 amide bonds. The Labute approximate surface area is 118 Å². The van der Waals surface area contributed by atoms with Gasteiger partial charge in [0.1, 0.15) is 0 Å². The molecule has 0 aromatic heterocycles. The highest BCUT2D eigenvalue weighted by molar-refractivity contribution is 9.10. The fourth-order valence-electron chi connectivity index (χ4n) is 1.47. The van der Waals surface area contributed by atoms with Crippen LogP contribution in [0.1, 0.15) is 19.4 Å². The van der Waals surface area contributed by atoms with Gasteiger partial charge in [0.25, 0.3) is 0 Å². The predicted octanol–water partition coefficient (Wildman–Crippen LogP) is 2.20. The molecule has 0 atom stereocenters. The lowest BCUT2D eigenvalue weighted by Crippen LogP contribution is -2.26. The minimum absolute atomic E-state index is 0.312. The summed E-state index contributed by atoms with van der Waals surface area (Å²) in [5.74, 6) is 0. The number of benzene rings is 1. The van der Waals surface area contributed by atoms with E-state index in [4.69, 9.17) is 0 Å². The lowest BCUT2D eigenvalue weighted by molar-refractivity contribution is 0.486. The molecule has 0 fully saturated rings. The summed E-state index contributed by atoms with van der Waals surface area (Å²) < 4.78 is 26.3. The minimum Gasteiger partial charge on any atom is -0.313 e. The van der Waals surface area contributed by atoms with Crippen LogP contribution in [0, 0.1) is 0 Å². The number of hydrogen-bond acceptors (Lipinski definition) is 3.